The lowest BCUT2D eigenvalue weighted by atomic mass is 9.99. The molecule has 5 rings (SSSR count). The van der Waals surface area contributed by atoms with Crippen LogP contribution in [0.4, 0.5) is 10.2 Å². The number of carbonyl (C=O) groups is 2. The molecule has 3 aromatic rings. The Bertz CT molecular complexity index is 1320. The summed E-state index contributed by atoms with van der Waals surface area (Å²) in [4.78, 5) is 33.7. The molecule has 1 saturated carbocycles. The van der Waals surface area contributed by atoms with Crippen molar-refractivity contribution in [2.75, 3.05) is 12.4 Å². The SMILES string of the molecule is CNC(=O)c1cnc(NC(=O)C2CC2)c2c1C=C(c1cccc(-c3cn(C)c(C)n3)c1F)C2. The molecule has 1 fully saturated rings. The van der Waals surface area contributed by atoms with E-state index in [1.807, 2.05) is 24.6 Å². The fraction of sp³-hybridized carbons (Fsp3) is 0.280. The third kappa shape index (κ3) is 3.71. The average Bonchev–Trinajstić information content (AvgIpc) is 3.48. The highest BCUT2D eigenvalue weighted by Crippen LogP contribution is 2.40. The van der Waals surface area contributed by atoms with Crippen molar-refractivity contribution in [2.45, 2.75) is 26.2 Å². The van der Waals surface area contributed by atoms with Crippen molar-refractivity contribution >= 4 is 29.3 Å². The standard InChI is InChI=1S/C25H24FN5O2/c1-13-29-21(12-31(13)3)17-6-4-5-16(22(17)26)15-9-18-19(10-15)23(30-24(32)14-7-8-14)28-11-20(18)25(33)27-2/h4-6,9,11-12,14H,7-8,10H2,1-3H3,(H,27,33)(H,28,30,32). The van der Waals surface area contributed by atoms with Crippen molar-refractivity contribution in [1.82, 2.24) is 19.9 Å². The van der Waals surface area contributed by atoms with Crippen LogP contribution in [0, 0.1) is 18.7 Å². The minimum absolute atomic E-state index is 0.0193. The number of aryl methyl sites for hydroxylation is 2. The zero-order chi connectivity index (χ0) is 23.3. The summed E-state index contributed by atoms with van der Waals surface area (Å²) in [5.74, 6) is 0.523. The third-order valence-electron chi connectivity index (χ3n) is 6.30. The van der Waals surface area contributed by atoms with Gasteiger partial charge in [-0.05, 0) is 43.0 Å². The van der Waals surface area contributed by atoms with Crippen LogP contribution in [0.2, 0.25) is 0 Å². The molecule has 8 heteroatoms. The highest BCUT2D eigenvalue weighted by molar-refractivity contribution is 6.04. The van der Waals surface area contributed by atoms with Crippen molar-refractivity contribution in [2.24, 2.45) is 13.0 Å². The monoisotopic (exact) mass is 445 g/mol. The smallest absolute Gasteiger partial charge is 0.253 e. The molecule has 2 aliphatic carbocycles. The zero-order valence-corrected chi connectivity index (χ0v) is 18.7. The first-order valence-electron chi connectivity index (χ1n) is 10.9. The van der Waals surface area contributed by atoms with E-state index in [9.17, 15) is 9.59 Å². The van der Waals surface area contributed by atoms with Crippen LogP contribution in [-0.4, -0.2) is 33.4 Å². The van der Waals surface area contributed by atoms with Crippen molar-refractivity contribution in [1.29, 1.82) is 0 Å². The maximum Gasteiger partial charge on any atom is 0.253 e. The average molecular weight is 445 g/mol. The van der Waals surface area contributed by atoms with E-state index in [-0.39, 0.29) is 23.5 Å². The maximum absolute atomic E-state index is 15.7. The number of nitrogens with one attached hydrogen (secondary N) is 2. The number of anilines is 1. The number of hydrogen-bond acceptors (Lipinski definition) is 4. The number of aromatic nitrogens is 3. The molecule has 1 aromatic carbocycles. The summed E-state index contributed by atoms with van der Waals surface area (Å²) in [5, 5.41) is 5.52. The zero-order valence-electron chi connectivity index (χ0n) is 18.7. The predicted octanol–water partition coefficient (Wildman–Crippen LogP) is 3.73. The number of carbonyl (C=O) groups excluding carboxylic acids is 2. The number of pyridine rings is 1. The van der Waals surface area contributed by atoms with E-state index in [4.69, 9.17) is 0 Å². The number of imidazole rings is 1. The van der Waals surface area contributed by atoms with Crippen molar-refractivity contribution in [3.63, 3.8) is 0 Å². The second-order valence-electron chi connectivity index (χ2n) is 8.55. The van der Waals surface area contributed by atoms with Crippen molar-refractivity contribution in [3.8, 4) is 11.3 Å². The van der Waals surface area contributed by atoms with E-state index in [1.54, 1.807) is 31.4 Å². The molecule has 0 spiro atoms. The van der Waals surface area contributed by atoms with E-state index in [0.29, 0.717) is 40.2 Å². The summed E-state index contributed by atoms with van der Waals surface area (Å²) >= 11 is 0. The summed E-state index contributed by atoms with van der Waals surface area (Å²) in [6.07, 6.45) is 7.19. The van der Waals surface area contributed by atoms with Gasteiger partial charge in [0.15, 0.2) is 0 Å². The number of amides is 2. The Morgan fingerprint density at radius 3 is 2.64 bits per heavy atom. The van der Waals surface area contributed by atoms with Gasteiger partial charge in [-0.3, -0.25) is 9.59 Å². The summed E-state index contributed by atoms with van der Waals surface area (Å²) in [7, 11) is 3.42. The number of hydrogen-bond donors (Lipinski definition) is 2. The molecule has 2 aliphatic rings. The quantitative estimate of drug-likeness (QED) is 0.626. The first-order chi connectivity index (χ1) is 15.9. The first kappa shape index (κ1) is 21.1. The van der Waals surface area contributed by atoms with Gasteiger partial charge in [0.2, 0.25) is 5.91 Å². The molecule has 0 bridgehead atoms. The lowest BCUT2D eigenvalue weighted by Crippen LogP contribution is -2.21. The van der Waals surface area contributed by atoms with Crippen LogP contribution in [0.5, 0.6) is 0 Å². The van der Waals surface area contributed by atoms with Gasteiger partial charge in [-0.1, -0.05) is 12.1 Å². The van der Waals surface area contributed by atoms with Gasteiger partial charge in [0.1, 0.15) is 17.5 Å². The first-order valence-corrected chi connectivity index (χ1v) is 10.9. The molecule has 0 saturated heterocycles. The van der Waals surface area contributed by atoms with E-state index < -0.39 is 0 Å². The summed E-state index contributed by atoms with van der Waals surface area (Å²) in [6, 6.07) is 5.24. The number of halogens is 1. The Balaban J connectivity index is 1.56. The molecule has 2 aromatic heterocycles. The van der Waals surface area contributed by atoms with Gasteiger partial charge < -0.3 is 15.2 Å². The van der Waals surface area contributed by atoms with Crippen LogP contribution in [0.25, 0.3) is 22.9 Å². The van der Waals surface area contributed by atoms with Crippen LogP contribution >= 0.6 is 0 Å². The molecule has 0 atom stereocenters. The topological polar surface area (TPSA) is 88.9 Å². The minimum atomic E-state index is -0.368. The highest BCUT2D eigenvalue weighted by atomic mass is 19.1. The number of benzene rings is 1. The fourth-order valence-corrected chi connectivity index (χ4v) is 4.15. The van der Waals surface area contributed by atoms with E-state index in [2.05, 4.69) is 20.6 Å². The van der Waals surface area contributed by atoms with Crippen molar-refractivity contribution in [3.05, 3.63) is 64.5 Å². The summed E-state index contributed by atoms with van der Waals surface area (Å²) in [5.41, 5.74) is 3.91. The lowest BCUT2D eigenvalue weighted by Gasteiger charge is -2.12. The van der Waals surface area contributed by atoms with E-state index in [1.165, 1.54) is 6.20 Å². The van der Waals surface area contributed by atoms with Gasteiger partial charge in [-0.15, -0.1) is 0 Å². The Hall–Kier alpha value is -3.81. The Morgan fingerprint density at radius 1 is 1.21 bits per heavy atom. The van der Waals surface area contributed by atoms with Crippen molar-refractivity contribution < 1.29 is 14.0 Å². The largest absolute Gasteiger partial charge is 0.355 e. The second kappa shape index (κ2) is 7.95. The highest BCUT2D eigenvalue weighted by Gasteiger charge is 2.32. The molecule has 7 nitrogen and oxygen atoms in total. The minimum Gasteiger partial charge on any atom is -0.355 e. The van der Waals surface area contributed by atoms with Gasteiger partial charge in [0.05, 0.1) is 11.3 Å². The van der Waals surface area contributed by atoms with Gasteiger partial charge in [-0.25, -0.2) is 14.4 Å². The molecule has 0 radical (unpaired) electrons. The molecule has 2 N–H and O–H groups in total. The van der Waals surface area contributed by atoms with Gasteiger partial charge in [-0.2, -0.15) is 0 Å². The summed E-state index contributed by atoms with van der Waals surface area (Å²) < 4.78 is 17.5. The normalized spacial score (nSPS) is 14.6. The Morgan fingerprint density at radius 2 is 1.97 bits per heavy atom. The van der Waals surface area contributed by atoms with Crippen LogP contribution in [0.15, 0.2) is 30.6 Å². The lowest BCUT2D eigenvalue weighted by molar-refractivity contribution is -0.117. The Kier molecular flexibility index (Phi) is 5.08. The summed E-state index contributed by atoms with van der Waals surface area (Å²) in [6.45, 7) is 1.87. The fourth-order valence-electron chi connectivity index (χ4n) is 4.15. The molecule has 0 aliphatic heterocycles. The van der Waals surface area contributed by atoms with E-state index in [0.717, 1.165) is 29.8 Å². The molecule has 0 unspecified atom stereocenters. The maximum atomic E-state index is 15.7. The molecule has 2 heterocycles. The molecule has 33 heavy (non-hydrogen) atoms. The van der Waals surface area contributed by atoms with Crippen LogP contribution in [0.3, 0.4) is 0 Å². The van der Waals surface area contributed by atoms with Gasteiger partial charge >= 0.3 is 0 Å². The van der Waals surface area contributed by atoms with Gasteiger partial charge in [0, 0.05) is 55.5 Å². The molecule has 168 valence electrons. The van der Waals surface area contributed by atoms with Crippen LogP contribution in [0.1, 0.15) is 45.7 Å². The predicted molar refractivity (Wildman–Crippen MR) is 124 cm³/mol. The number of fused-ring (bicyclic) bond motifs is 1. The van der Waals surface area contributed by atoms with Crippen LogP contribution in [-0.2, 0) is 18.3 Å². The van der Waals surface area contributed by atoms with Gasteiger partial charge in [0.25, 0.3) is 5.91 Å². The Labute approximate surface area is 190 Å². The van der Waals surface area contributed by atoms with E-state index >= 15 is 4.39 Å². The number of rotatable bonds is 5. The number of nitrogens with zero attached hydrogens (tertiary/aromatic N) is 3. The molecular weight excluding hydrogens is 421 g/mol. The number of allylic oxidation sites excluding steroid dienone is 1. The molecular formula is C25H24FN5O2. The molecule has 2 amide bonds. The third-order valence-corrected chi connectivity index (χ3v) is 6.30. The van der Waals surface area contributed by atoms with Crippen LogP contribution < -0.4 is 10.6 Å². The second-order valence-corrected chi connectivity index (χ2v) is 8.55.